The topological polar surface area (TPSA) is 70.1 Å². The van der Waals surface area contributed by atoms with Crippen molar-refractivity contribution in [3.8, 4) is 0 Å². The van der Waals surface area contributed by atoms with Crippen LogP contribution in [0.1, 0.15) is 18.1 Å². The summed E-state index contributed by atoms with van der Waals surface area (Å²) in [7, 11) is 0. The standard InChI is InChI=1S/C13H13ClN4O/c1-2-9-3-5-10(6-4-9)7-15-17-11-8-16-18-13(19)12(11)14/h3-8H,2H2,1H3,(H2,17,18,19)/b15-7-. The van der Waals surface area contributed by atoms with Crippen molar-refractivity contribution >= 4 is 23.5 Å². The van der Waals surface area contributed by atoms with Crippen LogP contribution >= 0.6 is 11.6 Å². The van der Waals surface area contributed by atoms with E-state index in [1.54, 1.807) is 6.21 Å². The maximum atomic E-state index is 11.2. The third-order valence-electron chi connectivity index (χ3n) is 2.58. The number of aromatic nitrogens is 2. The van der Waals surface area contributed by atoms with Gasteiger partial charge in [0.05, 0.1) is 12.4 Å². The Hall–Kier alpha value is -2.14. The van der Waals surface area contributed by atoms with Crippen molar-refractivity contribution in [1.29, 1.82) is 0 Å². The molecule has 0 saturated carbocycles. The highest BCUT2D eigenvalue weighted by Gasteiger charge is 2.02. The molecule has 0 bridgehead atoms. The largest absolute Gasteiger partial charge is 0.285 e. The van der Waals surface area contributed by atoms with Gasteiger partial charge in [-0.05, 0) is 17.5 Å². The fourth-order valence-corrected chi connectivity index (χ4v) is 1.61. The molecule has 2 rings (SSSR count). The summed E-state index contributed by atoms with van der Waals surface area (Å²) in [4.78, 5) is 11.2. The summed E-state index contributed by atoms with van der Waals surface area (Å²) in [5.41, 5.74) is 4.83. The van der Waals surface area contributed by atoms with Gasteiger partial charge < -0.3 is 0 Å². The number of hydrazone groups is 1. The third-order valence-corrected chi connectivity index (χ3v) is 2.96. The number of H-pyrrole nitrogens is 1. The summed E-state index contributed by atoms with van der Waals surface area (Å²) in [6.07, 6.45) is 4.06. The molecule has 0 aliphatic rings. The molecule has 0 aliphatic carbocycles. The molecular formula is C13H13ClN4O. The molecule has 0 aliphatic heterocycles. The van der Waals surface area contributed by atoms with Crippen LogP contribution in [0.3, 0.4) is 0 Å². The van der Waals surface area contributed by atoms with E-state index in [4.69, 9.17) is 11.6 Å². The number of hydrogen-bond acceptors (Lipinski definition) is 4. The van der Waals surface area contributed by atoms with Crippen molar-refractivity contribution in [1.82, 2.24) is 10.2 Å². The summed E-state index contributed by atoms with van der Waals surface area (Å²) in [5.74, 6) is 0. The normalized spacial score (nSPS) is 10.8. The molecule has 0 fully saturated rings. The van der Waals surface area contributed by atoms with Gasteiger partial charge in [0.25, 0.3) is 5.56 Å². The van der Waals surface area contributed by atoms with Gasteiger partial charge in [0, 0.05) is 0 Å². The van der Waals surface area contributed by atoms with E-state index in [1.165, 1.54) is 11.8 Å². The molecule has 6 heteroatoms. The van der Waals surface area contributed by atoms with Gasteiger partial charge in [0.1, 0.15) is 10.7 Å². The number of aromatic amines is 1. The summed E-state index contributed by atoms with van der Waals surface area (Å²) >= 11 is 5.79. The van der Waals surface area contributed by atoms with Crippen LogP contribution in [-0.4, -0.2) is 16.4 Å². The summed E-state index contributed by atoms with van der Waals surface area (Å²) < 4.78 is 0. The molecule has 1 aromatic carbocycles. The number of halogens is 1. The number of hydrogen-bond donors (Lipinski definition) is 2. The molecule has 0 saturated heterocycles. The first-order chi connectivity index (χ1) is 9.20. The highest BCUT2D eigenvalue weighted by Crippen LogP contribution is 2.13. The van der Waals surface area contributed by atoms with Gasteiger partial charge in [-0.15, -0.1) is 0 Å². The first-order valence-electron chi connectivity index (χ1n) is 5.82. The van der Waals surface area contributed by atoms with Crippen LogP contribution in [0.25, 0.3) is 0 Å². The minimum absolute atomic E-state index is 0.0356. The molecule has 0 amide bonds. The van der Waals surface area contributed by atoms with Crippen molar-refractivity contribution in [2.75, 3.05) is 5.43 Å². The van der Waals surface area contributed by atoms with Crippen molar-refractivity contribution in [3.05, 3.63) is 57.0 Å². The number of nitrogens with one attached hydrogen (secondary N) is 2. The molecule has 5 nitrogen and oxygen atoms in total. The van der Waals surface area contributed by atoms with Gasteiger partial charge in [-0.3, -0.25) is 10.2 Å². The number of anilines is 1. The second kappa shape index (κ2) is 6.15. The second-order valence-electron chi connectivity index (χ2n) is 3.89. The quantitative estimate of drug-likeness (QED) is 0.665. The lowest BCUT2D eigenvalue weighted by Crippen LogP contribution is -2.10. The maximum absolute atomic E-state index is 11.2. The molecule has 19 heavy (non-hydrogen) atoms. The van der Waals surface area contributed by atoms with Crippen LogP contribution in [0, 0.1) is 0 Å². The van der Waals surface area contributed by atoms with Crippen molar-refractivity contribution in [2.24, 2.45) is 5.10 Å². The number of rotatable bonds is 4. The summed E-state index contributed by atoms with van der Waals surface area (Å²) in [6, 6.07) is 8.04. The van der Waals surface area contributed by atoms with E-state index >= 15 is 0 Å². The highest BCUT2D eigenvalue weighted by molar-refractivity contribution is 6.32. The Morgan fingerprint density at radius 1 is 1.42 bits per heavy atom. The van der Waals surface area contributed by atoms with E-state index in [1.807, 2.05) is 24.3 Å². The average molecular weight is 277 g/mol. The fourth-order valence-electron chi connectivity index (χ4n) is 1.48. The van der Waals surface area contributed by atoms with Crippen molar-refractivity contribution in [3.63, 3.8) is 0 Å². The van der Waals surface area contributed by atoms with Gasteiger partial charge in [-0.25, -0.2) is 5.10 Å². The van der Waals surface area contributed by atoms with Gasteiger partial charge in [0.15, 0.2) is 0 Å². The van der Waals surface area contributed by atoms with E-state index in [0.717, 1.165) is 12.0 Å². The second-order valence-corrected chi connectivity index (χ2v) is 4.27. The van der Waals surface area contributed by atoms with Crippen LogP contribution in [0.5, 0.6) is 0 Å². The van der Waals surface area contributed by atoms with Crippen molar-refractivity contribution < 1.29 is 0 Å². The van der Waals surface area contributed by atoms with E-state index in [9.17, 15) is 4.79 Å². The lowest BCUT2D eigenvalue weighted by Gasteiger charge is -2.01. The lowest BCUT2D eigenvalue weighted by atomic mass is 10.1. The maximum Gasteiger partial charge on any atom is 0.285 e. The molecule has 0 atom stereocenters. The molecule has 98 valence electrons. The molecule has 2 aromatic rings. The SMILES string of the molecule is CCc1ccc(/C=N\Nc2cn[nH]c(=O)c2Cl)cc1. The Kier molecular flexibility index (Phi) is 4.30. The third kappa shape index (κ3) is 3.42. The Morgan fingerprint density at radius 2 is 2.16 bits per heavy atom. The molecule has 0 unspecified atom stereocenters. The minimum Gasteiger partial charge on any atom is -0.275 e. The number of nitrogens with zero attached hydrogens (tertiary/aromatic N) is 2. The van der Waals surface area contributed by atoms with Crippen LogP contribution in [0.4, 0.5) is 5.69 Å². The number of aryl methyl sites for hydroxylation is 1. The zero-order valence-electron chi connectivity index (χ0n) is 10.4. The Labute approximate surface area is 115 Å². The average Bonchev–Trinajstić information content (AvgIpc) is 2.44. The first kappa shape index (κ1) is 13.3. The zero-order chi connectivity index (χ0) is 13.7. The Balaban J connectivity index is 2.07. The first-order valence-corrected chi connectivity index (χ1v) is 6.19. The minimum atomic E-state index is -0.450. The molecule has 0 spiro atoms. The molecule has 0 radical (unpaired) electrons. The molecular weight excluding hydrogens is 264 g/mol. The summed E-state index contributed by atoms with van der Waals surface area (Å²) in [6.45, 7) is 2.10. The van der Waals surface area contributed by atoms with Gasteiger partial charge in [-0.1, -0.05) is 42.8 Å². The van der Waals surface area contributed by atoms with Gasteiger partial charge in [0.2, 0.25) is 0 Å². The van der Waals surface area contributed by atoms with E-state index in [2.05, 4.69) is 27.6 Å². The fraction of sp³-hybridized carbons (Fsp3) is 0.154. The smallest absolute Gasteiger partial charge is 0.275 e. The monoisotopic (exact) mass is 276 g/mol. The molecule has 1 heterocycles. The van der Waals surface area contributed by atoms with Crippen LogP contribution in [0.2, 0.25) is 5.02 Å². The Bertz CT molecular complexity index is 634. The lowest BCUT2D eigenvalue weighted by molar-refractivity contribution is 0.987. The van der Waals surface area contributed by atoms with Crippen LogP contribution in [0.15, 0.2) is 40.4 Å². The predicted octanol–water partition coefficient (Wildman–Crippen LogP) is 2.43. The van der Waals surface area contributed by atoms with E-state index < -0.39 is 5.56 Å². The van der Waals surface area contributed by atoms with Crippen LogP contribution in [-0.2, 0) is 6.42 Å². The highest BCUT2D eigenvalue weighted by atomic mass is 35.5. The molecule has 2 N–H and O–H groups in total. The number of benzene rings is 1. The van der Waals surface area contributed by atoms with Gasteiger partial charge in [-0.2, -0.15) is 10.2 Å². The predicted molar refractivity (Wildman–Crippen MR) is 76.9 cm³/mol. The van der Waals surface area contributed by atoms with Crippen molar-refractivity contribution in [2.45, 2.75) is 13.3 Å². The van der Waals surface area contributed by atoms with E-state index in [-0.39, 0.29) is 5.02 Å². The van der Waals surface area contributed by atoms with Gasteiger partial charge >= 0.3 is 0 Å². The zero-order valence-corrected chi connectivity index (χ0v) is 11.1. The van der Waals surface area contributed by atoms with E-state index in [0.29, 0.717) is 5.69 Å². The molecule has 1 aromatic heterocycles. The Morgan fingerprint density at radius 3 is 2.84 bits per heavy atom. The van der Waals surface area contributed by atoms with Crippen LogP contribution < -0.4 is 11.0 Å². The summed E-state index contributed by atoms with van der Waals surface area (Å²) in [5, 5.41) is 9.92.